The van der Waals surface area contributed by atoms with Gasteiger partial charge < -0.3 is 9.67 Å². The Kier molecular flexibility index (Phi) is 3.39. The number of aromatic nitrogens is 3. The van der Waals surface area contributed by atoms with E-state index in [1.54, 1.807) is 12.4 Å². The van der Waals surface area contributed by atoms with Crippen LogP contribution in [0, 0.1) is 6.92 Å². The predicted octanol–water partition coefficient (Wildman–Crippen LogP) is 2.88. The van der Waals surface area contributed by atoms with E-state index in [1.807, 2.05) is 41.8 Å². The fraction of sp³-hybridized carbons (Fsp3) is 0.188. The third-order valence-electron chi connectivity index (χ3n) is 3.34. The zero-order chi connectivity index (χ0) is 14.8. The first-order valence-corrected chi connectivity index (χ1v) is 6.74. The average molecular weight is 281 g/mol. The van der Waals surface area contributed by atoms with Gasteiger partial charge in [0.2, 0.25) is 0 Å². The lowest BCUT2D eigenvalue weighted by Crippen LogP contribution is -2.06. The molecule has 0 aliphatic rings. The van der Waals surface area contributed by atoms with Crippen LogP contribution < -0.4 is 0 Å². The summed E-state index contributed by atoms with van der Waals surface area (Å²) in [6.45, 7) is 2.36. The first-order chi connectivity index (χ1) is 10.1. The number of fused-ring (bicyclic) bond motifs is 1. The van der Waals surface area contributed by atoms with E-state index in [0.29, 0.717) is 6.54 Å². The van der Waals surface area contributed by atoms with E-state index in [2.05, 4.69) is 9.97 Å². The maximum absolute atomic E-state index is 10.9. The number of para-hydroxylation sites is 2. The largest absolute Gasteiger partial charge is 0.481 e. The van der Waals surface area contributed by atoms with Gasteiger partial charge in [-0.1, -0.05) is 12.1 Å². The van der Waals surface area contributed by atoms with Crippen molar-refractivity contribution in [1.82, 2.24) is 14.5 Å². The van der Waals surface area contributed by atoms with Gasteiger partial charge >= 0.3 is 5.97 Å². The number of hydrogen-bond donors (Lipinski definition) is 1. The molecule has 3 rings (SSSR count). The van der Waals surface area contributed by atoms with E-state index in [4.69, 9.17) is 5.11 Å². The summed E-state index contributed by atoms with van der Waals surface area (Å²) in [5, 5.41) is 8.94. The molecule has 0 aliphatic carbocycles. The van der Waals surface area contributed by atoms with Crippen molar-refractivity contribution in [3.8, 4) is 11.4 Å². The lowest BCUT2D eigenvalue weighted by Gasteiger charge is -2.08. The summed E-state index contributed by atoms with van der Waals surface area (Å²) in [4.78, 5) is 19.7. The van der Waals surface area contributed by atoms with Gasteiger partial charge in [0.05, 0.1) is 17.5 Å². The van der Waals surface area contributed by atoms with Crippen molar-refractivity contribution in [2.45, 2.75) is 19.9 Å². The summed E-state index contributed by atoms with van der Waals surface area (Å²) < 4.78 is 1.94. The molecule has 0 aliphatic heterocycles. The molecule has 0 atom stereocenters. The molecular formula is C16H15N3O2. The van der Waals surface area contributed by atoms with Gasteiger partial charge in [-0.05, 0) is 30.7 Å². The Labute approximate surface area is 121 Å². The summed E-state index contributed by atoms with van der Waals surface area (Å²) >= 11 is 0. The van der Waals surface area contributed by atoms with E-state index in [-0.39, 0.29) is 6.42 Å². The Morgan fingerprint density at radius 2 is 2.10 bits per heavy atom. The highest BCUT2D eigenvalue weighted by Crippen LogP contribution is 2.25. The number of carbonyl (C=O) groups is 1. The highest BCUT2D eigenvalue weighted by molar-refractivity contribution is 5.80. The van der Waals surface area contributed by atoms with Gasteiger partial charge in [0.15, 0.2) is 0 Å². The van der Waals surface area contributed by atoms with Crippen LogP contribution in [0.3, 0.4) is 0 Å². The first-order valence-electron chi connectivity index (χ1n) is 6.74. The summed E-state index contributed by atoms with van der Waals surface area (Å²) in [6, 6.07) is 9.75. The lowest BCUT2D eigenvalue weighted by molar-refractivity contribution is -0.137. The van der Waals surface area contributed by atoms with Crippen LogP contribution >= 0.6 is 0 Å². The molecule has 0 bridgehead atoms. The molecule has 0 radical (unpaired) electrons. The van der Waals surface area contributed by atoms with Gasteiger partial charge in [-0.15, -0.1) is 0 Å². The SMILES string of the molecule is Cc1cncc(-c2nc3ccccc3n2CCC(=O)O)c1. The number of benzene rings is 1. The number of aryl methyl sites for hydroxylation is 2. The summed E-state index contributed by atoms with van der Waals surface area (Å²) in [5.41, 5.74) is 3.75. The fourth-order valence-corrected chi connectivity index (χ4v) is 2.41. The second-order valence-electron chi connectivity index (χ2n) is 4.97. The van der Waals surface area contributed by atoms with Crippen molar-refractivity contribution in [3.05, 3.63) is 48.3 Å². The number of rotatable bonds is 4. The standard InChI is InChI=1S/C16H15N3O2/c1-11-8-12(10-17-9-11)16-18-13-4-2-3-5-14(13)19(16)7-6-15(20)21/h2-5,8-10H,6-7H2,1H3,(H,20,21). The number of carboxylic acids is 1. The van der Waals surface area contributed by atoms with E-state index in [1.165, 1.54) is 0 Å². The Hall–Kier alpha value is -2.69. The molecule has 5 nitrogen and oxygen atoms in total. The zero-order valence-electron chi connectivity index (χ0n) is 11.7. The van der Waals surface area contributed by atoms with Crippen LogP contribution in [-0.2, 0) is 11.3 Å². The third-order valence-corrected chi connectivity index (χ3v) is 3.34. The van der Waals surface area contributed by atoms with Gasteiger partial charge in [0.1, 0.15) is 5.82 Å². The second-order valence-corrected chi connectivity index (χ2v) is 4.97. The summed E-state index contributed by atoms with van der Waals surface area (Å²) in [6.07, 6.45) is 3.60. The lowest BCUT2D eigenvalue weighted by atomic mass is 10.2. The summed E-state index contributed by atoms with van der Waals surface area (Å²) in [5.74, 6) is -0.0604. The van der Waals surface area contributed by atoms with Crippen molar-refractivity contribution in [3.63, 3.8) is 0 Å². The van der Waals surface area contributed by atoms with Gasteiger partial charge in [-0.3, -0.25) is 9.78 Å². The van der Waals surface area contributed by atoms with Crippen LogP contribution in [0.25, 0.3) is 22.4 Å². The van der Waals surface area contributed by atoms with Crippen molar-refractivity contribution in [1.29, 1.82) is 0 Å². The van der Waals surface area contributed by atoms with E-state index < -0.39 is 5.97 Å². The Balaban J connectivity index is 2.16. The molecule has 0 saturated carbocycles. The fourth-order valence-electron chi connectivity index (χ4n) is 2.41. The normalized spacial score (nSPS) is 10.9. The molecule has 106 valence electrons. The predicted molar refractivity (Wildman–Crippen MR) is 80.0 cm³/mol. The minimum absolute atomic E-state index is 0.0621. The molecule has 1 N–H and O–H groups in total. The molecule has 2 heterocycles. The quantitative estimate of drug-likeness (QED) is 0.798. The van der Waals surface area contributed by atoms with Crippen LogP contribution in [0.1, 0.15) is 12.0 Å². The zero-order valence-corrected chi connectivity index (χ0v) is 11.7. The van der Waals surface area contributed by atoms with Crippen molar-refractivity contribution < 1.29 is 9.90 Å². The van der Waals surface area contributed by atoms with Gasteiger partial charge in [-0.2, -0.15) is 0 Å². The number of aliphatic carboxylic acids is 1. The molecule has 0 amide bonds. The van der Waals surface area contributed by atoms with Crippen LogP contribution in [-0.4, -0.2) is 25.6 Å². The molecule has 0 saturated heterocycles. The molecule has 2 aromatic heterocycles. The maximum atomic E-state index is 10.9. The molecule has 0 unspecified atom stereocenters. The number of imidazole rings is 1. The Bertz CT molecular complexity index is 808. The summed E-state index contributed by atoms with van der Waals surface area (Å²) in [7, 11) is 0. The molecule has 21 heavy (non-hydrogen) atoms. The van der Waals surface area contributed by atoms with Crippen molar-refractivity contribution in [2.75, 3.05) is 0 Å². The van der Waals surface area contributed by atoms with Crippen molar-refractivity contribution in [2.24, 2.45) is 0 Å². The average Bonchev–Trinajstić information content (AvgIpc) is 2.84. The Morgan fingerprint density at radius 3 is 2.86 bits per heavy atom. The molecule has 5 heteroatoms. The topological polar surface area (TPSA) is 68.0 Å². The molecule has 0 spiro atoms. The molecular weight excluding hydrogens is 266 g/mol. The smallest absolute Gasteiger partial charge is 0.305 e. The van der Waals surface area contributed by atoms with Crippen molar-refractivity contribution >= 4 is 17.0 Å². The monoisotopic (exact) mass is 281 g/mol. The number of hydrogen-bond acceptors (Lipinski definition) is 3. The van der Waals surface area contributed by atoms with Gasteiger partial charge in [0, 0.05) is 24.5 Å². The molecule has 3 aromatic rings. The number of carboxylic acid groups (broad SMARTS) is 1. The van der Waals surface area contributed by atoms with Crippen LogP contribution in [0.2, 0.25) is 0 Å². The third kappa shape index (κ3) is 2.63. The van der Waals surface area contributed by atoms with Crippen LogP contribution in [0.5, 0.6) is 0 Å². The first kappa shape index (κ1) is 13.3. The molecule has 0 fully saturated rings. The van der Waals surface area contributed by atoms with Crippen LogP contribution in [0.4, 0.5) is 0 Å². The maximum Gasteiger partial charge on any atom is 0.305 e. The van der Waals surface area contributed by atoms with E-state index >= 15 is 0 Å². The Morgan fingerprint density at radius 1 is 1.29 bits per heavy atom. The van der Waals surface area contributed by atoms with Crippen LogP contribution in [0.15, 0.2) is 42.7 Å². The minimum atomic E-state index is -0.818. The second kappa shape index (κ2) is 5.36. The highest BCUT2D eigenvalue weighted by Gasteiger charge is 2.13. The van der Waals surface area contributed by atoms with Gasteiger partial charge in [0.25, 0.3) is 0 Å². The van der Waals surface area contributed by atoms with E-state index in [9.17, 15) is 4.79 Å². The molecule has 1 aromatic carbocycles. The van der Waals surface area contributed by atoms with E-state index in [0.717, 1.165) is 28.0 Å². The number of pyridine rings is 1. The van der Waals surface area contributed by atoms with Gasteiger partial charge in [-0.25, -0.2) is 4.98 Å². The number of nitrogens with zero attached hydrogens (tertiary/aromatic N) is 3. The minimum Gasteiger partial charge on any atom is -0.481 e. The highest BCUT2D eigenvalue weighted by atomic mass is 16.4.